The number of carboxylic acid groups (broad SMARTS) is 1. The van der Waals surface area contributed by atoms with Crippen molar-refractivity contribution in [3.63, 3.8) is 0 Å². The van der Waals surface area contributed by atoms with Crippen molar-refractivity contribution in [3.05, 3.63) is 77.3 Å². The van der Waals surface area contributed by atoms with E-state index in [0.29, 0.717) is 35.5 Å². The third-order valence-electron chi connectivity index (χ3n) is 5.26. The van der Waals surface area contributed by atoms with Crippen LogP contribution < -0.4 is 14.2 Å². The lowest BCUT2D eigenvalue weighted by Crippen LogP contribution is -2.34. The molecule has 168 valence electrons. The highest BCUT2D eigenvalue weighted by Gasteiger charge is 2.22. The first kappa shape index (κ1) is 22.6. The van der Waals surface area contributed by atoms with E-state index in [1.54, 1.807) is 6.92 Å². The lowest BCUT2D eigenvalue weighted by molar-refractivity contribution is -0.137. The number of hydrogen-bond donors (Lipinski definition) is 1. The fraction of sp³-hybridized carbons (Fsp3) is 0.222. The summed E-state index contributed by atoms with van der Waals surface area (Å²) < 4.78 is 17.9. The highest BCUT2D eigenvalue weighted by atomic mass is 35.5. The van der Waals surface area contributed by atoms with Gasteiger partial charge in [-0.3, -0.25) is 4.79 Å². The maximum absolute atomic E-state index is 11.1. The Hall–Kier alpha value is -3.62. The molecule has 1 heterocycles. The van der Waals surface area contributed by atoms with Gasteiger partial charge in [-0.15, -0.1) is 5.92 Å². The Bertz CT molecular complexity index is 1180. The summed E-state index contributed by atoms with van der Waals surface area (Å²) >= 11 is 5.99. The number of fused-ring (bicyclic) bond motifs is 1. The summed E-state index contributed by atoms with van der Waals surface area (Å²) in [6, 6.07) is 20.8. The van der Waals surface area contributed by atoms with Crippen LogP contribution in [0.4, 0.5) is 0 Å². The summed E-state index contributed by atoms with van der Waals surface area (Å²) in [7, 11) is 0. The highest BCUT2D eigenvalue weighted by molar-refractivity contribution is 6.30. The van der Waals surface area contributed by atoms with Gasteiger partial charge in [0.15, 0.2) is 17.6 Å². The molecule has 5 nitrogen and oxygen atoms in total. The maximum Gasteiger partial charge on any atom is 0.304 e. The number of carboxylic acids is 1. The van der Waals surface area contributed by atoms with E-state index in [9.17, 15) is 4.79 Å². The molecule has 0 bridgehead atoms. The molecule has 0 aromatic heterocycles. The van der Waals surface area contributed by atoms with E-state index in [4.69, 9.17) is 30.9 Å². The Morgan fingerprint density at radius 2 is 1.82 bits per heavy atom. The summed E-state index contributed by atoms with van der Waals surface area (Å²) in [5, 5.41) is 9.79. The average Bonchev–Trinajstić information content (AvgIpc) is 2.82. The molecule has 1 aliphatic heterocycles. The minimum absolute atomic E-state index is 0.0360. The van der Waals surface area contributed by atoms with Gasteiger partial charge < -0.3 is 19.3 Å². The lowest BCUT2D eigenvalue weighted by atomic mass is 9.96. The van der Waals surface area contributed by atoms with Crippen LogP contribution in [0.3, 0.4) is 0 Å². The van der Waals surface area contributed by atoms with Gasteiger partial charge in [0.25, 0.3) is 0 Å². The molecule has 0 spiro atoms. The van der Waals surface area contributed by atoms with Crippen LogP contribution in [0.1, 0.15) is 24.8 Å². The molecule has 0 saturated heterocycles. The molecule has 0 fully saturated rings. The molecule has 4 rings (SSSR count). The smallest absolute Gasteiger partial charge is 0.304 e. The van der Waals surface area contributed by atoms with Gasteiger partial charge in [0, 0.05) is 5.02 Å². The Morgan fingerprint density at radius 3 is 2.52 bits per heavy atom. The SMILES string of the molecule is CC#C[C@@H](CC(=O)O)c1ccc(OC[C@H]2COc3ccc(-c4ccc(Cl)cc4)cc3O2)cc1. The van der Waals surface area contributed by atoms with E-state index < -0.39 is 5.97 Å². The molecule has 33 heavy (non-hydrogen) atoms. The number of carbonyl (C=O) groups is 1. The standard InChI is InChI=1S/C27H23ClO5/c1-2-3-20(15-27(29)30)19-6-11-23(12-7-19)31-16-24-17-32-25-13-8-21(14-26(25)33-24)18-4-9-22(28)10-5-18/h4-14,20,24H,15-17H2,1H3,(H,29,30)/t20-,24-/m0/s1. The Kier molecular flexibility index (Phi) is 7.07. The van der Waals surface area contributed by atoms with Crippen LogP contribution in [-0.4, -0.2) is 30.4 Å². The van der Waals surface area contributed by atoms with Gasteiger partial charge in [-0.05, 0) is 60.0 Å². The number of ether oxygens (including phenoxy) is 3. The van der Waals surface area contributed by atoms with Crippen molar-refractivity contribution in [3.8, 4) is 40.2 Å². The number of hydrogen-bond acceptors (Lipinski definition) is 4. The van der Waals surface area contributed by atoms with Gasteiger partial charge in [-0.1, -0.05) is 47.9 Å². The number of rotatable bonds is 7. The lowest BCUT2D eigenvalue weighted by Gasteiger charge is -2.27. The first-order valence-corrected chi connectivity index (χ1v) is 11.0. The Morgan fingerprint density at radius 1 is 1.09 bits per heavy atom. The fourth-order valence-electron chi connectivity index (χ4n) is 3.61. The number of benzene rings is 3. The van der Waals surface area contributed by atoms with E-state index >= 15 is 0 Å². The molecule has 1 aliphatic rings. The molecule has 0 aliphatic carbocycles. The molecule has 0 unspecified atom stereocenters. The van der Waals surface area contributed by atoms with Gasteiger partial charge in [-0.2, -0.15) is 0 Å². The summed E-state index contributed by atoms with van der Waals surface area (Å²) in [5.41, 5.74) is 2.90. The molecule has 0 amide bonds. The largest absolute Gasteiger partial charge is 0.490 e. The zero-order valence-corrected chi connectivity index (χ0v) is 18.8. The van der Waals surface area contributed by atoms with Crippen molar-refractivity contribution in [2.45, 2.75) is 25.4 Å². The van der Waals surface area contributed by atoms with Gasteiger partial charge in [-0.25, -0.2) is 0 Å². The van der Waals surface area contributed by atoms with Crippen LogP contribution in [0, 0.1) is 11.8 Å². The van der Waals surface area contributed by atoms with Crippen molar-refractivity contribution >= 4 is 17.6 Å². The van der Waals surface area contributed by atoms with Crippen LogP contribution >= 0.6 is 11.6 Å². The number of halogens is 1. The first-order chi connectivity index (χ1) is 16.0. The van der Waals surface area contributed by atoms with Crippen molar-refractivity contribution in [1.82, 2.24) is 0 Å². The van der Waals surface area contributed by atoms with E-state index in [1.807, 2.05) is 66.7 Å². The first-order valence-electron chi connectivity index (χ1n) is 10.6. The van der Waals surface area contributed by atoms with Gasteiger partial charge in [0.2, 0.25) is 0 Å². The summed E-state index contributed by atoms with van der Waals surface area (Å²) in [6.07, 6.45) is -0.297. The predicted octanol–water partition coefficient (Wildman–Crippen LogP) is 5.81. The van der Waals surface area contributed by atoms with Gasteiger partial charge in [0.1, 0.15) is 19.0 Å². The molecular weight excluding hydrogens is 440 g/mol. The molecule has 3 aromatic carbocycles. The normalized spacial score (nSPS) is 15.2. The second-order valence-electron chi connectivity index (χ2n) is 7.64. The van der Waals surface area contributed by atoms with E-state index in [0.717, 1.165) is 16.7 Å². The molecule has 3 aromatic rings. The molecule has 0 saturated carbocycles. The van der Waals surface area contributed by atoms with Gasteiger partial charge >= 0.3 is 5.97 Å². The van der Waals surface area contributed by atoms with Crippen LogP contribution in [0.2, 0.25) is 5.02 Å². The van der Waals surface area contributed by atoms with Crippen LogP contribution in [-0.2, 0) is 4.79 Å². The zero-order valence-electron chi connectivity index (χ0n) is 18.1. The van der Waals surface area contributed by atoms with E-state index in [1.165, 1.54) is 0 Å². The zero-order chi connectivity index (χ0) is 23.2. The minimum atomic E-state index is -0.878. The topological polar surface area (TPSA) is 65.0 Å². The molecule has 0 radical (unpaired) electrons. The molecule has 6 heteroatoms. The minimum Gasteiger partial charge on any atom is -0.490 e. The molecule has 1 N–H and O–H groups in total. The highest BCUT2D eigenvalue weighted by Crippen LogP contribution is 2.36. The van der Waals surface area contributed by atoms with E-state index in [2.05, 4.69) is 11.8 Å². The number of aliphatic carboxylic acids is 1. The van der Waals surface area contributed by atoms with Crippen molar-refractivity contribution in [1.29, 1.82) is 0 Å². The monoisotopic (exact) mass is 462 g/mol. The second kappa shape index (κ2) is 10.3. The van der Waals surface area contributed by atoms with Crippen LogP contribution in [0.5, 0.6) is 17.2 Å². The summed E-state index contributed by atoms with van der Waals surface area (Å²) in [4.78, 5) is 11.1. The molecular formula is C27H23ClO5. The Labute approximate surface area is 197 Å². The van der Waals surface area contributed by atoms with Crippen LogP contribution in [0.15, 0.2) is 66.7 Å². The van der Waals surface area contributed by atoms with E-state index in [-0.39, 0.29) is 18.4 Å². The summed E-state index contributed by atoms with van der Waals surface area (Å²) in [6.45, 7) is 2.41. The average molecular weight is 463 g/mol. The molecule has 2 atom stereocenters. The third-order valence-corrected chi connectivity index (χ3v) is 5.51. The maximum atomic E-state index is 11.1. The van der Waals surface area contributed by atoms with Crippen LogP contribution in [0.25, 0.3) is 11.1 Å². The second-order valence-corrected chi connectivity index (χ2v) is 8.08. The predicted molar refractivity (Wildman–Crippen MR) is 127 cm³/mol. The summed E-state index contributed by atoms with van der Waals surface area (Å²) in [5.74, 6) is 6.57. The fourth-order valence-corrected chi connectivity index (χ4v) is 3.73. The quantitative estimate of drug-likeness (QED) is 0.449. The Balaban J connectivity index is 1.38. The van der Waals surface area contributed by atoms with Crippen molar-refractivity contribution < 1.29 is 24.1 Å². The van der Waals surface area contributed by atoms with Crippen molar-refractivity contribution in [2.24, 2.45) is 0 Å². The third kappa shape index (κ3) is 5.79. The van der Waals surface area contributed by atoms with Crippen molar-refractivity contribution in [2.75, 3.05) is 13.2 Å². The van der Waals surface area contributed by atoms with Gasteiger partial charge in [0.05, 0.1) is 12.3 Å².